The molecule has 0 spiro atoms. The average molecular weight is 665 g/mol. The first kappa shape index (κ1) is 33.5. The maximum Gasteiger partial charge on any atom is 1.00 e. The first-order chi connectivity index (χ1) is 21.8. The van der Waals surface area contributed by atoms with Crippen LogP contribution in [0.25, 0.3) is 32.7 Å². The topological polar surface area (TPSA) is 138 Å². The molecule has 0 fully saturated rings. The van der Waals surface area contributed by atoms with Crippen LogP contribution in [0.15, 0.2) is 91.7 Å². The summed E-state index contributed by atoms with van der Waals surface area (Å²) in [5.74, 6) is 0.0902. The number of rotatable bonds is 10. The molecule has 3 aromatic heterocycles. The summed E-state index contributed by atoms with van der Waals surface area (Å²) in [6, 6.07) is 21.6. The molecule has 46 heavy (non-hydrogen) atoms. The van der Waals surface area contributed by atoms with Gasteiger partial charge in [-0.25, -0.2) is 9.59 Å². The SMILES string of the molecule is CCc1cc2c(=O)n(CC(=O)c3cc(OC)cc(OC)c3)c(=O)n(Cc3ccc(-c4ccccc4-c4noc(=O)[nH]4)cc3)c2s1.[H-].[K+]. The molecule has 13 heteroatoms. The second-order valence-electron chi connectivity index (χ2n) is 10.3. The number of Topliss-reactive ketones (excluding diaryl/α,β-unsaturated/α-hetero) is 1. The smallest absolute Gasteiger partial charge is 1.00 e. The number of thiophene rings is 1. The molecule has 0 aliphatic rings. The van der Waals surface area contributed by atoms with E-state index in [4.69, 9.17) is 14.0 Å². The second-order valence-corrected chi connectivity index (χ2v) is 11.4. The number of nitrogens with zero attached hydrogens (tertiary/aromatic N) is 3. The van der Waals surface area contributed by atoms with Crippen molar-refractivity contribution in [1.29, 1.82) is 0 Å². The van der Waals surface area contributed by atoms with Crippen molar-refractivity contribution in [3.8, 4) is 34.0 Å². The van der Waals surface area contributed by atoms with Gasteiger partial charge >= 0.3 is 62.8 Å². The zero-order valence-electron chi connectivity index (χ0n) is 26.7. The van der Waals surface area contributed by atoms with Crippen LogP contribution in [0, 0.1) is 0 Å². The fourth-order valence-corrected chi connectivity index (χ4v) is 6.24. The Balaban J connectivity index is 0.00000250. The van der Waals surface area contributed by atoms with Crippen molar-refractivity contribution < 1.29 is 71.6 Å². The summed E-state index contributed by atoms with van der Waals surface area (Å²) in [7, 11) is 2.96. The first-order valence-corrected chi connectivity index (χ1v) is 14.9. The molecule has 0 saturated heterocycles. The maximum atomic E-state index is 13.9. The number of carbonyl (C=O) groups is 1. The van der Waals surface area contributed by atoms with Crippen molar-refractivity contribution >= 4 is 27.3 Å². The Hall–Kier alpha value is -3.85. The fourth-order valence-electron chi connectivity index (χ4n) is 5.17. The normalized spacial score (nSPS) is 10.9. The van der Waals surface area contributed by atoms with Gasteiger partial charge in [-0.05, 0) is 41.3 Å². The van der Waals surface area contributed by atoms with Gasteiger partial charge in [0.1, 0.15) is 16.3 Å². The van der Waals surface area contributed by atoms with Crippen molar-refractivity contribution in [2.45, 2.75) is 26.4 Å². The van der Waals surface area contributed by atoms with Gasteiger partial charge in [-0.15, -0.1) is 11.3 Å². The van der Waals surface area contributed by atoms with E-state index >= 15 is 0 Å². The minimum Gasteiger partial charge on any atom is -1.00 e. The summed E-state index contributed by atoms with van der Waals surface area (Å²) >= 11 is 1.39. The number of aryl methyl sites for hydroxylation is 1. The van der Waals surface area contributed by atoms with Gasteiger partial charge in [-0.3, -0.25) is 28.2 Å². The Morgan fingerprint density at radius 1 is 0.935 bits per heavy atom. The molecule has 0 aliphatic heterocycles. The molecule has 0 unspecified atom stereocenters. The van der Waals surface area contributed by atoms with E-state index in [2.05, 4.69) is 10.1 Å². The molecule has 230 valence electrons. The number of hydrogen-bond donors (Lipinski definition) is 1. The number of nitrogens with one attached hydrogen (secondary N) is 1. The molecule has 6 rings (SSSR count). The molecule has 3 heterocycles. The van der Waals surface area contributed by atoms with Crippen LogP contribution in [0.3, 0.4) is 0 Å². The number of hydrogen-bond acceptors (Lipinski definition) is 9. The molecular formula is C33H29KN4O7S. The van der Waals surface area contributed by atoms with Crippen LogP contribution in [0.2, 0.25) is 0 Å². The molecule has 0 atom stereocenters. The van der Waals surface area contributed by atoms with Crippen LogP contribution in [-0.2, 0) is 19.5 Å². The minimum atomic E-state index is -0.641. The monoisotopic (exact) mass is 664 g/mol. The largest absolute Gasteiger partial charge is 1.00 e. The van der Waals surface area contributed by atoms with Gasteiger partial charge in [-0.2, -0.15) is 0 Å². The van der Waals surface area contributed by atoms with Gasteiger partial charge < -0.3 is 10.9 Å². The number of benzene rings is 3. The van der Waals surface area contributed by atoms with Gasteiger partial charge in [0.25, 0.3) is 5.56 Å². The zero-order chi connectivity index (χ0) is 31.7. The third-order valence-electron chi connectivity index (χ3n) is 7.50. The second kappa shape index (κ2) is 14.3. The van der Waals surface area contributed by atoms with Crippen molar-refractivity contribution in [3.63, 3.8) is 0 Å². The third kappa shape index (κ3) is 6.66. The van der Waals surface area contributed by atoms with Crippen molar-refractivity contribution in [2.75, 3.05) is 14.2 Å². The van der Waals surface area contributed by atoms with E-state index in [1.807, 2.05) is 55.5 Å². The Morgan fingerprint density at radius 3 is 2.22 bits per heavy atom. The number of ether oxygens (including phenoxy) is 2. The number of fused-ring (bicyclic) bond motifs is 1. The van der Waals surface area contributed by atoms with Crippen molar-refractivity contribution in [3.05, 3.63) is 120 Å². The van der Waals surface area contributed by atoms with E-state index < -0.39 is 29.3 Å². The molecular weight excluding hydrogens is 636 g/mol. The summed E-state index contributed by atoms with van der Waals surface area (Å²) < 4.78 is 17.8. The van der Waals surface area contributed by atoms with Gasteiger partial charge in [0.2, 0.25) is 0 Å². The summed E-state index contributed by atoms with van der Waals surface area (Å²) in [4.78, 5) is 56.5. The van der Waals surface area contributed by atoms with Gasteiger partial charge in [0.05, 0.1) is 32.7 Å². The Bertz CT molecular complexity index is 2210. The van der Waals surface area contributed by atoms with Gasteiger partial charge in [0.15, 0.2) is 11.6 Å². The molecule has 0 aliphatic carbocycles. The molecule has 0 amide bonds. The molecule has 1 N–H and O–H groups in total. The predicted molar refractivity (Wildman–Crippen MR) is 172 cm³/mol. The Kier molecular flexibility index (Phi) is 10.4. The third-order valence-corrected chi connectivity index (χ3v) is 8.80. The van der Waals surface area contributed by atoms with E-state index in [1.54, 1.807) is 28.8 Å². The van der Waals surface area contributed by atoms with E-state index in [1.165, 1.54) is 25.6 Å². The summed E-state index contributed by atoms with van der Waals surface area (Å²) in [6.45, 7) is 1.72. The van der Waals surface area contributed by atoms with Crippen molar-refractivity contribution in [1.82, 2.24) is 19.3 Å². The molecule has 0 radical (unpaired) electrons. The van der Waals surface area contributed by atoms with Crippen LogP contribution in [0.4, 0.5) is 0 Å². The van der Waals surface area contributed by atoms with Crippen LogP contribution in [0.1, 0.15) is 29.1 Å². The van der Waals surface area contributed by atoms with Crippen LogP contribution >= 0.6 is 11.3 Å². The summed E-state index contributed by atoms with van der Waals surface area (Å²) in [5, 5.41) is 4.21. The number of aromatic nitrogens is 4. The summed E-state index contributed by atoms with van der Waals surface area (Å²) in [6.07, 6.45) is 0.695. The number of methoxy groups -OCH3 is 2. The standard InChI is InChI=1S/C33H28N4O7S.K.H/c1-4-24-16-27-30(39)36(18-28(38)21-13-22(42-2)15-23(14-21)43-3)33(41)37(31(27)45-24)17-19-9-11-20(12-10-19)25-7-5-6-8-26(25)29-34-32(40)44-35-29;;/h5-16H,4,17-18H2,1-3H3,(H,34,35,40);;/q;+1;-1. The quantitative estimate of drug-likeness (QED) is 0.173. The minimum absolute atomic E-state index is 0. The predicted octanol–water partition coefficient (Wildman–Crippen LogP) is 1.86. The number of aromatic amines is 1. The van der Waals surface area contributed by atoms with Crippen molar-refractivity contribution in [2.24, 2.45) is 0 Å². The molecule has 6 aromatic rings. The first-order valence-electron chi connectivity index (χ1n) is 14.1. The maximum absolute atomic E-state index is 13.9. The molecule has 11 nitrogen and oxygen atoms in total. The van der Waals surface area contributed by atoms with E-state index in [0.717, 1.165) is 26.1 Å². The zero-order valence-corrected chi connectivity index (χ0v) is 29.6. The van der Waals surface area contributed by atoms with Gasteiger partial charge in [0, 0.05) is 22.1 Å². The Labute approximate surface area is 310 Å². The van der Waals surface area contributed by atoms with Crippen LogP contribution in [0.5, 0.6) is 11.5 Å². The number of H-pyrrole nitrogens is 1. The number of ketones is 1. The van der Waals surface area contributed by atoms with Crippen LogP contribution < -0.4 is 77.9 Å². The van der Waals surface area contributed by atoms with E-state index in [9.17, 15) is 19.2 Å². The molecule has 3 aromatic carbocycles. The Morgan fingerprint density at radius 2 is 1.61 bits per heavy atom. The molecule has 0 saturated carbocycles. The number of carbonyl (C=O) groups excluding carboxylic acids is 1. The van der Waals surface area contributed by atoms with E-state index in [-0.39, 0.29) is 64.9 Å². The van der Waals surface area contributed by atoms with E-state index in [0.29, 0.717) is 39.5 Å². The fraction of sp³-hybridized carbons (Fsp3) is 0.182. The summed E-state index contributed by atoms with van der Waals surface area (Å²) in [5.41, 5.74) is 2.38. The van der Waals surface area contributed by atoms with Gasteiger partial charge in [-0.1, -0.05) is 60.6 Å². The average Bonchev–Trinajstić information content (AvgIpc) is 3.71. The van der Waals surface area contributed by atoms with Crippen LogP contribution in [-0.4, -0.2) is 39.3 Å². The molecule has 0 bridgehead atoms.